The minimum absolute atomic E-state index is 0.145. The number of carboxylic acid groups (broad SMARTS) is 1. The lowest BCUT2D eigenvalue weighted by Crippen LogP contribution is -2.07. The Morgan fingerprint density at radius 3 is 2.26 bits per heavy atom. The molecule has 0 saturated heterocycles. The maximum absolute atomic E-state index is 11.2. The van der Waals surface area contributed by atoms with E-state index in [1.807, 2.05) is 6.07 Å². The van der Waals surface area contributed by atoms with E-state index in [9.17, 15) is 4.79 Å². The number of hydrogen-bond donors (Lipinski definition) is 1. The fraction of sp³-hybridized carbons (Fsp3) is 0. The van der Waals surface area contributed by atoms with Crippen molar-refractivity contribution in [2.75, 3.05) is 0 Å². The first-order valence-corrected chi connectivity index (χ1v) is 5.96. The predicted molar refractivity (Wildman–Crippen MR) is 74.1 cm³/mol. The highest BCUT2D eigenvalue weighted by Gasteiger charge is 2.10. The fourth-order valence-electron chi connectivity index (χ4n) is 1.46. The van der Waals surface area contributed by atoms with Gasteiger partial charge in [-0.2, -0.15) is 0 Å². The molecule has 19 heavy (non-hydrogen) atoms. The van der Waals surface area contributed by atoms with Gasteiger partial charge in [-0.15, -0.1) is 0 Å². The Labute approximate surface area is 115 Å². The summed E-state index contributed by atoms with van der Waals surface area (Å²) in [6.45, 7) is 0. The summed E-state index contributed by atoms with van der Waals surface area (Å²) in [7, 11) is 0. The van der Waals surface area contributed by atoms with Crippen LogP contribution in [-0.2, 0) is 4.79 Å². The first-order chi connectivity index (χ1) is 9.15. The summed E-state index contributed by atoms with van der Waals surface area (Å²) in [5.41, 5.74) is 0.706. The van der Waals surface area contributed by atoms with Gasteiger partial charge in [0.1, 0.15) is 5.75 Å². The van der Waals surface area contributed by atoms with Crippen LogP contribution in [0.25, 0.3) is 6.08 Å². The Kier molecular flexibility index (Phi) is 4.21. The minimum Gasteiger partial charge on any atom is -0.475 e. The molecule has 0 unspecified atom stereocenters. The van der Waals surface area contributed by atoms with Crippen molar-refractivity contribution in [3.05, 3.63) is 70.9 Å². The van der Waals surface area contributed by atoms with E-state index in [0.29, 0.717) is 16.3 Å². The van der Waals surface area contributed by atoms with E-state index in [4.69, 9.17) is 21.4 Å². The summed E-state index contributed by atoms with van der Waals surface area (Å²) < 4.78 is 5.34. The number of benzene rings is 2. The highest BCUT2D eigenvalue weighted by molar-refractivity contribution is 6.30. The third kappa shape index (κ3) is 3.86. The van der Waals surface area contributed by atoms with Crippen LogP contribution in [0.4, 0.5) is 0 Å². The molecule has 0 radical (unpaired) electrons. The molecule has 2 aromatic rings. The molecule has 0 aliphatic heterocycles. The summed E-state index contributed by atoms with van der Waals surface area (Å²) in [5, 5.41) is 9.73. The van der Waals surface area contributed by atoms with E-state index in [0.717, 1.165) is 0 Å². The van der Waals surface area contributed by atoms with Crippen LogP contribution in [0.1, 0.15) is 5.56 Å². The van der Waals surface area contributed by atoms with Gasteiger partial charge in [0, 0.05) is 5.02 Å². The Hall–Kier alpha value is -2.26. The van der Waals surface area contributed by atoms with Gasteiger partial charge in [0.2, 0.25) is 5.76 Å². The van der Waals surface area contributed by atoms with E-state index in [2.05, 4.69) is 0 Å². The van der Waals surface area contributed by atoms with Crippen LogP contribution >= 0.6 is 11.6 Å². The molecule has 2 rings (SSSR count). The van der Waals surface area contributed by atoms with Crippen molar-refractivity contribution in [2.45, 2.75) is 0 Å². The second kappa shape index (κ2) is 6.07. The number of aliphatic carboxylic acids is 1. The smallest absolute Gasteiger partial charge is 0.371 e. The third-order valence-corrected chi connectivity index (χ3v) is 2.60. The zero-order valence-corrected chi connectivity index (χ0v) is 10.7. The number of ether oxygens (including phenoxy) is 1. The molecule has 0 aliphatic carbocycles. The highest BCUT2D eigenvalue weighted by Crippen LogP contribution is 2.17. The van der Waals surface area contributed by atoms with Gasteiger partial charge in [-0.05, 0) is 35.9 Å². The highest BCUT2D eigenvalue weighted by atomic mass is 35.5. The molecule has 0 fully saturated rings. The van der Waals surface area contributed by atoms with Gasteiger partial charge in [-0.3, -0.25) is 0 Å². The van der Waals surface area contributed by atoms with Crippen LogP contribution in [0.3, 0.4) is 0 Å². The van der Waals surface area contributed by atoms with Crippen molar-refractivity contribution in [2.24, 2.45) is 0 Å². The number of rotatable bonds is 4. The SMILES string of the molecule is O=C(O)/C(=C\c1ccc(Cl)cc1)Oc1ccccc1. The first-order valence-electron chi connectivity index (χ1n) is 5.58. The Morgan fingerprint density at radius 2 is 1.68 bits per heavy atom. The molecule has 0 atom stereocenters. The van der Waals surface area contributed by atoms with Crippen molar-refractivity contribution in [1.82, 2.24) is 0 Å². The minimum atomic E-state index is -1.13. The maximum Gasteiger partial charge on any atom is 0.371 e. The van der Waals surface area contributed by atoms with E-state index in [1.54, 1.807) is 48.5 Å². The maximum atomic E-state index is 11.2. The molecule has 1 N–H and O–H groups in total. The molecule has 0 aliphatic rings. The molecule has 0 bridgehead atoms. The van der Waals surface area contributed by atoms with Crippen LogP contribution in [-0.4, -0.2) is 11.1 Å². The van der Waals surface area contributed by atoms with E-state index < -0.39 is 5.97 Å². The van der Waals surface area contributed by atoms with E-state index in [1.165, 1.54) is 6.08 Å². The molecular formula is C15H11ClO3. The van der Waals surface area contributed by atoms with Gasteiger partial charge < -0.3 is 9.84 Å². The van der Waals surface area contributed by atoms with Gasteiger partial charge in [0.15, 0.2) is 0 Å². The lowest BCUT2D eigenvalue weighted by Gasteiger charge is -2.06. The normalized spacial score (nSPS) is 11.1. The quantitative estimate of drug-likeness (QED) is 0.680. The van der Waals surface area contributed by atoms with Gasteiger partial charge >= 0.3 is 5.97 Å². The molecule has 96 valence electrons. The summed E-state index contributed by atoms with van der Waals surface area (Å²) in [6.07, 6.45) is 1.45. The number of carboxylic acids is 1. The van der Waals surface area contributed by atoms with Crippen molar-refractivity contribution < 1.29 is 14.6 Å². The zero-order valence-electron chi connectivity index (χ0n) is 9.92. The van der Waals surface area contributed by atoms with Crippen LogP contribution in [0.15, 0.2) is 60.4 Å². The van der Waals surface area contributed by atoms with Crippen LogP contribution in [0.5, 0.6) is 5.75 Å². The molecule has 0 aromatic heterocycles. The lowest BCUT2D eigenvalue weighted by atomic mass is 10.2. The number of carbonyl (C=O) groups is 1. The van der Waals surface area contributed by atoms with Gasteiger partial charge in [-0.1, -0.05) is 41.9 Å². The first kappa shape index (κ1) is 13.2. The molecule has 2 aromatic carbocycles. The van der Waals surface area contributed by atoms with Gasteiger partial charge in [-0.25, -0.2) is 4.79 Å². The molecule has 0 amide bonds. The molecular weight excluding hydrogens is 264 g/mol. The summed E-state index contributed by atoms with van der Waals surface area (Å²) in [4.78, 5) is 11.2. The largest absolute Gasteiger partial charge is 0.475 e. The van der Waals surface area contributed by atoms with Crippen molar-refractivity contribution in [3.8, 4) is 5.75 Å². The standard InChI is InChI=1S/C15H11ClO3/c16-12-8-6-11(7-9-12)10-14(15(17)18)19-13-4-2-1-3-5-13/h1-10H,(H,17,18)/b14-10+. The molecule has 0 spiro atoms. The second-order valence-corrected chi connectivity index (χ2v) is 4.22. The van der Waals surface area contributed by atoms with Crippen molar-refractivity contribution in [1.29, 1.82) is 0 Å². The molecule has 0 saturated carbocycles. The fourth-order valence-corrected chi connectivity index (χ4v) is 1.59. The predicted octanol–water partition coefficient (Wildman–Crippen LogP) is 3.84. The second-order valence-electron chi connectivity index (χ2n) is 3.78. The zero-order chi connectivity index (χ0) is 13.7. The van der Waals surface area contributed by atoms with Crippen molar-refractivity contribution in [3.63, 3.8) is 0 Å². The van der Waals surface area contributed by atoms with Crippen LogP contribution in [0, 0.1) is 0 Å². The topological polar surface area (TPSA) is 46.5 Å². The third-order valence-electron chi connectivity index (χ3n) is 2.35. The average molecular weight is 275 g/mol. The Bertz CT molecular complexity index is 589. The van der Waals surface area contributed by atoms with Crippen molar-refractivity contribution >= 4 is 23.6 Å². The Balaban J connectivity index is 2.25. The monoisotopic (exact) mass is 274 g/mol. The lowest BCUT2D eigenvalue weighted by molar-refractivity contribution is -0.134. The summed E-state index contributed by atoms with van der Waals surface area (Å²) in [6, 6.07) is 15.6. The summed E-state index contributed by atoms with van der Waals surface area (Å²) >= 11 is 5.77. The Morgan fingerprint density at radius 1 is 1.05 bits per heavy atom. The van der Waals surface area contributed by atoms with Crippen LogP contribution in [0.2, 0.25) is 5.02 Å². The number of halogens is 1. The number of hydrogen-bond acceptors (Lipinski definition) is 2. The van der Waals surface area contributed by atoms with E-state index >= 15 is 0 Å². The van der Waals surface area contributed by atoms with Gasteiger partial charge in [0.25, 0.3) is 0 Å². The molecule has 4 heteroatoms. The van der Waals surface area contributed by atoms with Crippen LogP contribution < -0.4 is 4.74 Å². The summed E-state index contributed by atoms with van der Waals surface area (Å²) in [5.74, 6) is -0.794. The van der Waals surface area contributed by atoms with Gasteiger partial charge in [0.05, 0.1) is 0 Å². The molecule has 0 heterocycles. The number of para-hydroxylation sites is 1. The average Bonchev–Trinajstić information content (AvgIpc) is 2.41. The molecule has 3 nitrogen and oxygen atoms in total. The van der Waals surface area contributed by atoms with E-state index in [-0.39, 0.29) is 5.76 Å².